The molecule has 0 bridgehead atoms. The maximum absolute atomic E-state index is 14.6. The summed E-state index contributed by atoms with van der Waals surface area (Å²) >= 11 is 5.73. The van der Waals surface area contributed by atoms with Crippen LogP contribution in [0.15, 0.2) is 54.9 Å². The molecule has 0 amide bonds. The largest absolute Gasteiger partial charge is 0.432 e. The number of fused-ring (bicyclic) bond motifs is 1. The highest BCUT2D eigenvalue weighted by atomic mass is 35.5. The maximum Gasteiger partial charge on any atom is 0.432 e. The summed E-state index contributed by atoms with van der Waals surface area (Å²) in [6.45, 7) is 0.127. The SMILES string of the molecule is Fc1cc(Oc2ncc(Cl)cn2)ccc1CNc1nc2ccc(Nc3cc(C(F)(F)F)[nH]n3)cc2[nH]1. The van der Waals surface area contributed by atoms with E-state index in [2.05, 4.69) is 35.7 Å². The van der Waals surface area contributed by atoms with Gasteiger partial charge in [0.25, 0.3) is 0 Å². The van der Waals surface area contributed by atoms with Crippen molar-refractivity contribution in [2.24, 2.45) is 0 Å². The third kappa shape index (κ3) is 5.30. The Morgan fingerprint density at radius 3 is 2.56 bits per heavy atom. The van der Waals surface area contributed by atoms with Crippen molar-refractivity contribution in [2.75, 3.05) is 10.6 Å². The van der Waals surface area contributed by atoms with E-state index in [1.54, 1.807) is 30.3 Å². The molecule has 0 aliphatic carbocycles. The van der Waals surface area contributed by atoms with Gasteiger partial charge in [-0.05, 0) is 24.3 Å². The molecule has 3 heterocycles. The van der Waals surface area contributed by atoms with E-state index < -0.39 is 17.7 Å². The smallest absolute Gasteiger partial charge is 0.424 e. The highest BCUT2D eigenvalue weighted by Crippen LogP contribution is 2.30. The quantitative estimate of drug-likeness (QED) is 0.194. The van der Waals surface area contributed by atoms with E-state index >= 15 is 0 Å². The fourth-order valence-corrected chi connectivity index (χ4v) is 3.32. The van der Waals surface area contributed by atoms with Gasteiger partial charge in [0, 0.05) is 29.9 Å². The minimum atomic E-state index is -4.52. The third-order valence-electron chi connectivity index (χ3n) is 4.91. The number of imidazole rings is 1. The Bertz CT molecular complexity index is 1520. The van der Waals surface area contributed by atoms with Gasteiger partial charge in [-0.25, -0.2) is 19.3 Å². The van der Waals surface area contributed by atoms with Crippen LogP contribution in [0, 0.1) is 5.82 Å². The molecule has 36 heavy (non-hydrogen) atoms. The Labute approximate surface area is 204 Å². The van der Waals surface area contributed by atoms with Gasteiger partial charge in [0.2, 0.25) is 5.95 Å². The van der Waals surface area contributed by atoms with E-state index in [-0.39, 0.29) is 24.1 Å². The summed E-state index contributed by atoms with van der Waals surface area (Å²) in [6, 6.07) is 10.3. The van der Waals surface area contributed by atoms with Gasteiger partial charge in [0.05, 0.1) is 28.4 Å². The number of aromatic nitrogens is 6. The summed E-state index contributed by atoms with van der Waals surface area (Å²) in [6.07, 6.45) is -1.78. The van der Waals surface area contributed by atoms with Crippen LogP contribution in [0.5, 0.6) is 11.8 Å². The average molecular weight is 519 g/mol. The fraction of sp³-hybridized carbons (Fsp3) is 0.0909. The van der Waals surface area contributed by atoms with Gasteiger partial charge < -0.3 is 20.4 Å². The van der Waals surface area contributed by atoms with Crippen molar-refractivity contribution in [3.05, 3.63) is 77.0 Å². The maximum atomic E-state index is 14.6. The number of halogens is 5. The van der Waals surface area contributed by atoms with Crippen molar-refractivity contribution in [1.82, 2.24) is 30.1 Å². The predicted molar refractivity (Wildman–Crippen MR) is 124 cm³/mol. The van der Waals surface area contributed by atoms with Gasteiger partial charge in [-0.15, -0.1) is 0 Å². The molecule has 0 fully saturated rings. The molecule has 0 unspecified atom stereocenters. The number of hydrogen-bond donors (Lipinski definition) is 4. The standard InChI is InChI=1S/C22H15ClF4N8O/c23-12-9-29-21(30-10-12)36-14-3-1-11(15(24)6-14)8-28-20-32-16-4-2-13(5-17(16)33-20)31-19-7-18(34-35-19)22(25,26)27/h1-7,9-10H,8H2,(H2,28,32,33)(H2,31,34,35). The molecule has 2 aromatic carbocycles. The zero-order valence-electron chi connectivity index (χ0n) is 18.0. The van der Waals surface area contributed by atoms with Crippen molar-refractivity contribution in [3.63, 3.8) is 0 Å². The monoisotopic (exact) mass is 518 g/mol. The second kappa shape index (κ2) is 9.34. The Hall–Kier alpha value is -4.39. The van der Waals surface area contributed by atoms with E-state index in [0.717, 1.165) is 6.07 Å². The zero-order chi connectivity index (χ0) is 25.3. The van der Waals surface area contributed by atoms with Gasteiger partial charge in [-0.1, -0.05) is 17.7 Å². The first-order chi connectivity index (χ1) is 17.2. The lowest BCUT2D eigenvalue weighted by atomic mass is 10.2. The van der Waals surface area contributed by atoms with Crippen molar-refractivity contribution in [1.29, 1.82) is 0 Å². The zero-order valence-corrected chi connectivity index (χ0v) is 18.7. The van der Waals surface area contributed by atoms with Crippen LogP contribution in [0.2, 0.25) is 5.02 Å². The van der Waals surface area contributed by atoms with Crippen molar-refractivity contribution < 1.29 is 22.3 Å². The Morgan fingerprint density at radius 2 is 1.83 bits per heavy atom. The number of nitrogens with one attached hydrogen (secondary N) is 4. The van der Waals surface area contributed by atoms with Crippen LogP contribution in [0.3, 0.4) is 0 Å². The summed E-state index contributed by atoms with van der Waals surface area (Å²) in [4.78, 5) is 15.2. The summed E-state index contributed by atoms with van der Waals surface area (Å²) in [7, 11) is 0. The van der Waals surface area contributed by atoms with Crippen molar-refractivity contribution in [3.8, 4) is 11.8 Å². The van der Waals surface area contributed by atoms with Crippen molar-refractivity contribution >= 4 is 40.1 Å². The number of benzene rings is 2. The van der Waals surface area contributed by atoms with Crippen LogP contribution in [0.25, 0.3) is 11.0 Å². The fourth-order valence-electron chi connectivity index (χ4n) is 3.22. The molecule has 5 aromatic rings. The molecular formula is C22H15ClF4N8O. The number of anilines is 3. The first kappa shape index (κ1) is 23.4. The third-order valence-corrected chi connectivity index (χ3v) is 5.11. The van der Waals surface area contributed by atoms with Crippen molar-refractivity contribution in [2.45, 2.75) is 12.7 Å². The molecule has 9 nitrogen and oxygen atoms in total. The van der Waals surface area contributed by atoms with E-state index in [1.165, 1.54) is 18.5 Å². The van der Waals surface area contributed by atoms with Crippen LogP contribution in [0.1, 0.15) is 11.3 Å². The van der Waals surface area contributed by atoms with Gasteiger partial charge in [-0.2, -0.15) is 18.3 Å². The number of aromatic amines is 2. The molecule has 5 rings (SSSR count). The molecule has 0 aliphatic heterocycles. The number of hydrogen-bond acceptors (Lipinski definition) is 7. The molecule has 14 heteroatoms. The van der Waals surface area contributed by atoms with Gasteiger partial charge in [0.1, 0.15) is 17.3 Å². The first-order valence-electron chi connectivity index (χ1n) is 10.3. The Kier molecular flexibility index (Phi) is 6.06. The van der Waals surface area contributed by atoms with E-state index in [1.807, 2.05) is 5.10 Å². The summed E-state index contributed by atoms with van der Waals surface area (Å²) < 4.78 is 58.2. The molecule has 0 radical (unpaired) electrons. The average Bonchev–Trinajstić information content (AvgIpc) is 3.47. The number of ether oxygens (including phenoxy) is 1. The molecule has 4 N–H and O–H groups in total. The Balaban J connectivity index is 1.23. The van der Waals surface area contributed by atoms with Crippen LogP contribution in [-0.2, 0) is 12.7 Å². The van der Waals surface area contributed by atoms with Gasteiger partial charge in [0.15, 0.2) is 5.82 Å². The molecule has 3 aromatic heterocycles. The van der Waals surface area contributed by atoms with E-state index in [9.17, 15) is 17.6 Å². The predicted octanol–water partition coefficient (Wildman–Crippen LogP) is 6.04. The number of rotatable bonds is 7. The summed E-state index contributed by atoms with van der Waals surface area (Å²) in [5.74, 6) is 0.121. The van der Waals surface area contributed by atoms with Crippen LogP contribution < -0.4 is 15.4 Å². The minimum Gasteiger partial charge on any atom is -0.424 e. The molecule has 0 spiro atoms. The lowest BCUT2D eigenvalue weighted by Crippen LogP contribution is -2.04. The van der Waals surface area contributed by atoms with E-state index in [0.29, 0.717) is 33.3 Å². The van der Waals surface area contributed by atoms with Gasteiger partial charge >= 0.3 is 12.2 Å². The number of alkyl halides is 3. The lowest BCUT2D eigenvalue weighted by Gasteiger charge is -2.07. The molecule has 0 atom stereocenters. The first-order valence-corrected chi connectivity index (χ1v) is 10.7. The van der Waals surface area contributed by atoms with Crippen LogP contribution >= 0.6 is 11.6 Å². The minimum absolute atomic E-state index is 0.0186. The molecular weight excluding hydrogens is 504 g/mol. The van der Waals surface area contributed by atoms with Crippen LogP contribution in [-0.4, -0.2) is 30.1 Å². The molecule has 184 valence electrons. The van der Waals surface area contributed by atoms with E-state index in [4.69, 9.17) is 16.3 Å². The topological polar surface area (TPSA) is 116 Å². The second-order valence-electron chi connectivity index (χ2n) is 7.50. The lowest BCUT2D eigenvalue weighted by molar-refractivity contribution is -0.141. The number of nitrogens with zero attached hydrogens (tertiary/aromatic N) is 4. The second-order valence-corrected chi connectivity index (χ2v) is 7.94. The Morgan fingerprint density at radius 1 is 1.03 bits per heavy atom. The highest BCUT2D eigenvalue weighted by molar-refractivity contribution is 6.30. The van der Waals surface area contributed by atoms with Crippen LogP contribution in [0.4, 0.5) is 35.0 Å². The molecule has 0 aliphatic rings. The van der Waals surface area contributed by atoms with Gasteiger partial charge in [-0.3, -0.25) is 5.10 Å². The highest BCUT2D eigenvalue weighted by Gasteiger charge is 2.33. The summed E-state index contributed by atoms with van der Waals surface area (Å²) in [5.41, 5.74) is 1.13. The molecule has 0 saturated heterocycles. The number of H-pyrrole nitrogens is 2. The molecule has 0 saturated carbocycles. The summed E-state index contributed by atoms with van der Waals surface area (Å²) in [5, 5.41) is 11.7. The normalized spacial score (nSPS) is 11.6.